The van der Waals surface area contributed by atoms with Gasteiger partial charge in [0.15, 0.2) is 5.76 Å². The minimum atomic E-state index is -0.596. The number of rotatable bonds is 13. The Labute approximate surface area is 194 Å². The second kappa shape index (κ2) is 12.8. The van der Waals surface area contributed by atoms with Gasteiger partial charge in [0.05, 0.1) is 31.4 Å². The average molecular weight is 479 g/mol. The van der Waals surface area contributed by atoms with Gasteiger partial charge in [0.25, 0.3) is 11.6 Å². The van der Waals surface area contributed by atoms with Crippen molar-refractivity contribution >= 4 is 28.7 Å². The highest BCUT2D eigenvalue weighted by molar-refractivity contribution is 7.08. The number of carbonyl (C=O) groups is 1. The SMILES string of the molecule is O=C(NCCNc1ccc([N+](=O)[O-])cn1)C1=CC(c2ccsc2)CC(OCCOCCO)O1. The fourth-order valence-electron chi connectivity index (χ4n) is 3.09. The molecule has 0 saturated carbocycles. The Hall–Kier alpha value is -3.06. The molecule has 3 N–H and O–H groups in total. The van der Waals surface area contributed by atoms with E-state index in [0.717, 1.165) is 5.56 Å². The number of amides is 1. The molecule has 1 aliphatic rings. The van der Waals surface area contributed by atoms with E-state index in [2.05, 4.69) is 15.6 Å². The van der Waals surface area contributed by atoms with Crippen molar-refractivity contribution in [2.75, 3.05) is 44.8 Å². The maximum atomic E-state index is 12.7. The normalized spacial score (nSPS) is 17.7. The molecule has 0 radical (unpaired) electrons. The van der Waals surface area contributed by atoms with Crippen LogP contribution in [-0.4, -0.2) is 66.7 Å². The third-order valence-corrected chi connectivity index (χ3v) is 5.40. The van der Waals surface area contributed by atoms with Gasteiger partial charge in [-0.15, -0.1) is 0 Å². The molecule has 1 amide bonds. The lowest BCUT2D eigenvalue weighted by molar-refractivity contribution is -0.385. The van der Waals surface area contributed by atoms with E-state index in [1.54, 1.807) is 17.4 Å². The van der Waals surface area contributed by atoms with Crippen molar-refractivity contribution in [2.24, 2.45) is 0 Å². The summed E-state index contributed by atoms with van der Waals surface area (Å²) in [5.74, 6) is 0.277. The van der Waals surface area contributed by atoms with Crippen molar-refractivity contribution in [2.45, 2.75) is 18.6 Å². The third-order valence-electron chi connectivity index (χ3n) is 4.69. The molecule has 0 fully saturated rings. The number of aliphatic hydroxyl groups excluding tert-OH is 1. The first-order valence-corrected chi connectivity index (χ1v) is 11.3. The van der Waals surface area contributed by atoms with Gasteiger partial charge in [0, 0.05) is 31.5 Å². The molecule has 0 bridgehead atoms. The van der Waals surface area contributed by atoms with Crippen LogP contribution >= 0.6 is 11.3 Å². The van der Waals surface area contributed by atoms with Crippen LogP contribution in [0.3, 0.4) is 0 Å². The number of aromatic nitrogens is 1. The molecular formula is C21H26N4O7S. The number of nitrogens with one attached hydrogen (secondary N) is 2. The van der Waals surface area contributed by atoms with Crippen molar-refractivity contribution in [3.8, 4) is 0 Å². The zero-order valence-corrected chi connectivity index (χ0v) is 18.7. The molecule has 12 heteroatoms. The van der Waals surface area contributed by atoms with E-state index >= 15 is 0 Å². The number of allylic oxidation sites excluding steroid dienone is 1. The topological polar surface area (TPSA) is 145 Å². The van der Waals surface area contributed by atoms with Crippen LogP contribution < -0.4 is 10.6 Å². The fourth-order valence-corrected chi connectivity index (χ4v) is 3.82. The molecule has 178 valence electrons. The van der Waals surface area contributed by atoms with Crippen molar-refractivity contribution < 1.29 is 29.0 Å². The molecule has 0 aliphatic carbocycles. The maximum Gasteiger partial charge on any atom is 0.287 e. The Morgan fingerprint density at radius 2 is 2.18 bits per heavy atom. The van der Waals surface area contributed by atoms with E-state index in [9.17, 15) is 14.9 Å². The zero-order valence-electron chi connectivity index (χ0n) is 17.8. The summed E-state index contributed by atoms with van der Waals surface area (Å²) in [6, 6.07) is 4.87. The molecule has 2 unspecified atom stereocenters. The lowest BCUT2D eigenvalue weighted by Crippen LogP contribution is -2.35. The monoisotopic (exact) mass is 478 g/mol. The smallest absolute Gasteiger partial charge is 0.287 e. The number of anilines is 1. The highest BCUT2D eigenvalue weighted by Crippen LogP contribution is 2.32. The van der Waals surface area contributed by atoms with Crippen molar-refractivity contribution in [3.05, 3.63) is 62.7 Å². The highest BCUT2D eigenvalue weighted by atomic mass is 32.1. The van der Waals surface area contributed by atoms with Gasteiger partial charge in [-0.25, -0.2) is 4.98 Å². The zero-order chi connectivity index (χ0) is 23.5. The Bertz CT molecular complexity index is 921. The highest BCUT2D eigenvalue weighted by Gasteiger charge is 2.28. The van der Waals surface area contributed by atoms with E-state index in [-0.39, 0.29) is 43.1 Å². The number of nitro groups is 1. The van der Waals surface area contributed by atoms with Crippen molar-refractivity contribution in [1.82, 2.24) is 10.3 Å². The van der Waals surface area contributed by atoms with Gasteiger partial charge in [0.1, 0.15) is 12.0 Å². The number of thiophene rings is 1. The Morgan fingerprint density at radius 3 is 2.88 bits per heavy atom. The molecule has 2 aromatic rings. The van der Waals surface area contributed by atoms with Crippen LogP contribution in [0.4, 0.5) is 11.5 Å². The van der Waals surface area contributed by atoms with Crippen LogP contribution in [0.2, 0.25) is 0 Å². The van der Waals surface area contributed by atoms with Gasteiger partial charge in [0.2, 0.25) is 6.29 Å². The molecule has 0 spiro atoms. The molecular weight excluding hydrogens is 452 g/mol. The maximum absolute atomic E-state index is 12.7. The van der Waals surface area contributed by atoms with Crippen LogP contribution in [0, 0.1) is 10.1 Å². The van der Waals surface area contributed by atoms with Crippen LogP contribution in [0.15, 0.2) is 47.0 Å². The summed E-state index contributed by atoms with van der Waals surface area (Å²) in [4.78, 5) is 26.8. The largest absolute Gasteiger partial charge is 0.459 e. The number of nitrogens with zero attached hydrogens (tertiary/aromatic N) is 2. The molecule has 2 aromatic heterocycles. The molecule has 0 saturated heterocycles. The van der Waals surface area contributed by atoms with Gasteiger partial charge in [-0.2, -0.15) is 11.3 Å². The van der Waals surface area contributed by atoms with E-state index < -0.39 is 11.2 Å². The molecule has 0 aromatic carbocycles. The summed E-state index contributed by atoms with van der Waals surface area (Å²) < 4.78 is 16.7. The van der Waals surface area contributed by atoms with Crippen LogP contribution in [0.5, 0.6) is 0 Å². The standard InChI is InChI=1S/C21H26N4O7S/c26-6-7-30-8-9-31-20-12-16(15-3-10-33-14-15)11-18(32-20)21(27)23-5-4-22-19-2-1-17(13-24-19)25(28)29/h1-3,10-11,13-14,16,20,26H,4-9,12H2,(H,22,24)(H,23,27). The van der Waals surface area contributed by atoms with E-state index in [0.29, 0.717) is 31.9 Å². The lowest BCUT2D eigenvalue weighted by atomic mass is 9.95. The van der Waals surface area contributed by atoms with Gasteiger partial charge in [-0.1, -0.05) is 0 Å². The van der Waals surface area contributed by atoms with Crippen molar-refractivity contribution in [3.63, 3.8) is 0 Å². The van der Waals surface area contributed by atoms with Crippen LogP contribution in [0.25, 0.3) is 0 Å². The Kier molecular flexibility index (Phi) is 9.57. The molecule has 3 rings (SSSR count). The molecule has 33 heavy (non-hydrogen) atoms. The summed E-state index contributed by atoms with van der Waals surface area (Å²) in [6.07, 6.45) is 2.94. The van der Waals surface area contributed by atoms with Gasteiger partial charge >= 0.3 is 0 Å². The van der Waals surface area contributed by atoms with Gasteiger partial charge < -0.3 is 30.0 Å². The first-order chi connectivity index (χ1) is 16.1. The summed E-state index contributed by atoms with van der Waals surface area (Å²) >= 11 is 1.58. The van der Waals surface area contributed by atoms with Crippen LogP contribution in [0.1, 0.15) is 17.9 Å². The number of hydrogen-bond acceptors (Lipinski definition) is 10. The fraction of sp³-hybridized carbons (Fsp3) is 0.429. The van der Waals surface area contributed by atoms with E-state index in [1.165, 1.54) is 18.3 Å². The number of hydrogen-bond donors (Lipinski definition) is 3. The minimum Gasteiger partial charge on any atom is -0.459 e. The van der Waals surface area contributed by atoms with Crippen LogP contribution in [-0.2, 0) is 19.0 Å². The lowest BCUT2D eigenvalue weighted by Gasteiger charge is -2.29. The van der Waals surface area contributed by atoms with Crippen molar-refractivity contribution in [1.29, 1.82) is 0 Å². The van der Waals surface area contributed by atoms with Gasteiger partial charge in [-0.3, -0.25) is 14.9 Å². The summed E-state index contributed by atoms with van der Waals surface area (Å²) in [5.41, 5.74) is 0.997. The molecule has 3 heterocycles. The second-order valence-electron chi connectivity index (χ2n) is 7.03. The summed E-state index contributed by atoms with van der Waals surface area (Å²) in [5, 5.41) is 29.2. The average Bonchev–Trinajstić information content (AvgIpc) is 3.37. The number of pyridine rings is 1. The Morgan fingerprint density at radius 1 is 1.30 bits per heavy atom. The summed E-state index contributed by atoms with van der Waals surface area (Å²) in [7, 11) is 0. The van der Waals surface area contributed by atoms with E-state index in [1.807, 2.05) is 16.8 Å². The first kappa shape index (κ1) is 24.6. The molecule has 2 atom stereocenters. The quantitative estimate of drug-likeness (QED) is 0.224. The molecule has 1 aliphatic heterocycles. The molecule has 11 nitrogen and oxygen atoms in total. The number of carbonyl (C=O) groups excluding carboxylic acids is 1. The Balaban J connectivity index is 1.50. The predicted molar refractivity (Wildman–Crippen MR) is 121 cm³/mol. The summed E-state index contributed by atoms with van der Waals surface area (Å²) in [6.45, 7) is 1.45. The predicted octanol–water partition coefficient (Wildman–Crippen LogP) is 2.02. The van der Waals surface area contributed by atoms with E-state index in [4.69, 9.17) is 19.3 Å². The number of aliphatic hydroxyl groups is 1. The van der Waals surface area contributed by atoms with Gasteiger partial charge in [-0.05, 0) is 34.5 Å². The third kappa shape index (κ3) is 7.79. The minimum absolute atomic E-state index is 0.0171. The second-order valence-corrected chi connectivity index (χ2v) is 7.81. The first-order valence-electron chi connectivity index (χ1n) is 10.4. The number of ether oxygens (including phenoxy) is 3.